The number of anilines is 1. The summed E-state index contributed by atoms with van der Waals surface area (Å²) >= 11 is 1.27. The highest BCUT2D eigenvalue weighted by molar-refractivity contribution is 7.99. The summed E-state index contributed by atoms with van der Waals surface area (Å²) in [6.07, 6.45) is 1.39. The van der Waals surface area contributed by atoms with Crippen LogP contribution in [0.25, 0.3) is 10.8 Å². The molecule has 3 aromatic carbocycles. The van der Waals surface area contributed by atoms with Crippen molar-refractivity contribution in [2.45, 2.75) is 12.0 Å². The predicted molar refractivity (Wildman–Crippen MR) is 134 cm³/mol. The van der Waals surface area contributed by atoms with Gasteiger partial charge < -0.3 is 14.5 Å². The summed E-state index contributed by atoms with van der Waals surface area (Å²) in [5.74, 6) is 0.791. The molecule has 172 valence electrons. The maximum absolute atomic E-state index is 12.3. The summed E-state index contributed by atoms with van der Waals surface area (Å²) in [7, 11) is 0. The Bertz CT molecular complexity index is 1330. The van der Waals surface area contributed by atoms with Gasteiger partial charge in [-0.2, -0.15) is 5.10 Å². The Morgan fingerprint density at radius 1 is 0.971 bits per heavy atom. The zero-order valence-corrected chi connectivity index (χ0v) is 19.3. The molecule has 2 N–H and O–H groups in total. The maximum atomic E-state index is 12.3. The van der Waals surface area contributed by atoms with Crippen LogP contribution in [0.15, 0.2) is 93.5 Å². The lowest BCUT2D eigenvalue weighted by molar-refractivity contribution is -0.123. The monoisotopic (exact) mass is 473 g/mol. The molecule has 8 heteroatoms. The van der Waals surface area contributed by atoms with Crippen molar-refractivity contribution in [3.63, 3.8) is 0 Å². The fraction of sp³-hybridized carbons (Fsp3) is 0.115. The molecule has 0 aliphatic rings. The van der Waals surface area contributed by atoms with E-state index in [0.29, 0.717) is 16.6 Å². The van der Waals surface area contributed by atoms with Crippen LogP contribution >= 0.6 is 11.8 Å². The molecule has 7 nitrogen and oxygen atoms in total. The minimum atomic E-state index is -0.383. The number of para-hydroxylation sites is 1. The number of hydrogen-bond donors (Lipinski definition) is 2. The van der Waals surface area contributed by atoms with E-state index in [9.17, 15) is 9.59 Å². The molecular weight excluding hydrogens is 450 g/mol. The SMILES string of the molecule is Cc1ccccc1OCC(=O)N/N=C\c1ccc(SCC(=O)Nc2ccc3ccccc3c2)o1. The first kappa shape index (κ1) is 23.1. The molecule has 1 aromatic heterocycles. The molecule has 0 aliphatic carbocycles. The van der Waals surface area contributed by atoms with Gasteiger partial charge in [0.1, 0.15) is 11.5 Å². The first-order valence-electron chi connectivity index (χ1n) is 10.6. The van der Waals surface area contributed by atoms with Crippen molar-refractivity contribution in [3.8, 4) is 5.75 Å². The van der Waals surface area contributed by atoms with E-state index in [-0.39, 0.29) is 24.2 Å². The van der Waals surface area contributed by atoms with Crippen molar-refractivity contribution in [1.29, 1.82) is 0 Å². The standard InChI is InChI=1S/C26H23N3O4S/c1-18-6-2-5-9-23(18)32-16-24(30)29-27-15-22-12-13-26(33-22)34-17-25(31)28-21-11-10-19-7-3-4-8-20(19)14-21/h2-15H,16-17H2,1H3,(H,28,31)(H,29,30)/b27-15-. The predicted octanol–water partition coefficient (Wildman–Crippen LogP) is 5.00. The van der Waals surface area contributed by atoms with Crippen molar-refractivity contribution in [1.82, 2.24) is 5.43 Å². The zero-order chi connectivity index (χ0) is 23.8. The van der Waals surface area contributed by atoms with Crippen LogP contribution in [0.2, 0.25) is 0 Å². The maximum Gasteiger partial charge on any atom is 0.277 e. The fourth-order valence-corrected chi connectivity index (χ4v) is 3.81. The third kappa shape index (κ3) is 6.49. The summed E-state index contributed by atoms with van der Waals surface area (Å²) in [5.41, 5.74) is 4.09. The second-order valence-electron chi connectivity index (χ2n) is 7.40. The van der Waals surface area contributed by atoms with Crippen molar-refractivity contribution < 1.29 is 18.7 Å². The topological polar surface area (TPSA) is 92.9 Å². The Morgan fingerprint density at radius 3 is 2.62 bits per heavy atom. The lowest BCUT2D eigenvalue weighted by atomic mass is 10.1. The quantitative estimate of drug-likeness (QED) is 0.203. The molecule has 0 aliphatic heterocycles. The van der Waals surface area contributed by atoms with Crippen LogP contribution in [0, 0.1) is 6.92 Å². The van der Waals surface area contributed by atoms with Gasteiger partial charge in [-0.25, -0.2) is 5.43 Å². The number of aryl methyl sites for hydroxylation is 1. The van der Waals surface area contributed by atoms with Gasteiger partial charge in [0.25, 0.3) is 5.91 Å². The van der Waals surface area contributed by atoms with Crippen LogP contribution < -0.4 is 15.5 Å². The van der Waals surface area contributed by atoms with Gasteiger partial charge in [-0.05, 0) is 53.6 Å². The van der Waals surface area contributed by atoms with Gasteiger partial charge in [0.15, 0.2) is 11.7 Å². The summed E-state index contributed by atoms with van der Waals surface area (Å²) in [6, 6.07) is 24.7. The number of nitrogens with zero attached hydrogens (tertiary/aromatic N) is 1. The molecule has 0 radical (unpaired) electrons. The molecule has 0 bridgehead atoms. The Hall–Kier alpha value is -4.04. The molecule has 4 aromatic rings. The number of hydrazone groups is 1. The first-order chi connectivity index (χ1) is 16.6. The highest BCUT2D eigenvalue weighted by Crippen LogP contribution is 2.22. The highest BCUT2D eigenvalue weighted by atomic mass is 32.2. The third-order valence-electron chi connectivity index (χ3n) is 4.81. The van der Waals surface area contributed by atoms with E-state index in [1.807, 2.05) is 67.6 Å². The summed E-state index contributed by atoms with van der Waals surface area (Å²) in [6.45, 7) is 1.76. The van der Waals surface area contributed by atoms with Gasteiger partial charge in [0.05, 0.1) is 12.0 Å². The Labute approximate surface area is 201 Å². The van der Waals surface area contributed by atoms with Crippen LogP contribution in [-0.4, -0.2) is 30.4 Å². The summed E-state index contributed by atoms with van der Waals surface area (Å²) in [5, 5.41) is 9.54. The largest absolute Gasteiger partial charge is 0.483 e. The van der Waals surface area contributed by atoms with Gasteiger partial charge in [-0.1, -0.05) is 60.3 Å². The molecule has 0 saturated heterocycles. The lowest BCUT2D eigenvalue weighted by Gasteiger charge is -2.07. The summed E-state index contributed by atoms with van der Waals surface area (Å²) < 4.78 is 11.1. The Balaban J connectivity index is 1.20. The number of carbonyl (C=O) groups is 2. The fourth-order valence-electron chi connectivity index (χ4n) is 3.14. The van der Waals surface area contributed by atoms with Gasteiger partial charge in [-0.15, -0.1) is 0 Å². The van der Waals surface area contributed by atoms with E-state index in [1.165, 1.54) is 18.0 Å². The third-order valence-corrected chi connectivity index (χ3v) is 5.72. The minimum absolute atomic E-state index is 0.132. The number of hydrogen-bond acceptors (Lipinski definition) is 6. The molecule has 0 spiro atoms. The van der Waals surface area contributed by atoms with Gasteiger partial charge in [0, 0.05) is 5.69 Å². The van der Waals surface area contributed by atoms with Crippen molar-refractivity contribution in [2.24, 2.45) is 5.10 Å². The zero-order valence-electron chi connectivity index (χ0n) is 18.5. The van der Waals surface area contributed by atoms with Gasteiger partial charge >= 0.3 is 0 Å². The molecule has 4 rings (SSSR count). The number of fused-ring (bicyclic) bond motifs is 1. The number of carbonyl (C=O) groups excluding carboxylic acids is 2. The Kier molecular flexibility index (Phi) is 7.62. The second-order valence-corrected chi connectivity index (χ2v) is 8.38. The van der Waals surface area contributed by atoms with Gasteiger partial charge in [0.2, 0.25) is 5.91 Å². The molecule has 2 amide bonds. The van der Waals surface area contributed by atoms with Crippen molar-refractivity contribution in [2.75, 3.05) is 17.7 Å². The van der Waals surface area contributed by atoms with E-state index in [2.05, 4.69) is 15.8 Å². The highest BCUT2D eigenvalue weighted by Gasteiger charge is 2.08. The first-order valence-corrected chi connectivity index (χ1v) is 11.6. The van der Waals surface area contributed by atoms with Crippen LogP contribution in [-0.2, 0) is 9.59 Å². The average Bonchev–Trinajstić information content (AvgIpc) is 3.30. The number of furan rings is 1. The molecule has 0 atom stereocenters. The number of benzene rings is 3. The molecule has 0 unspecified atom stereocenters. The number of thioether (sulfide) groups is 1. The van der Waals surface area contributed by atoms with E-state index in [1.54, 1.807) is 18.2 Å². The van der Waals surface area contributed by atoms with E-state index in [0.717, 1.165) is 22.0 Å². The number of rotatable bonds is 9. The van der Waals surface area contributed by atoms with E-state index in [4.69, 9.17) is 9.15 Å². The summed E-state index contributed by atoms with van der Waals surface area (Å²) in [4.78, 5) is 24.2. The molecule has 0 saturated carbocycles. The van der Waals surface area contributed by atoms with Crippen LogP contribution in [0.1, 0.15) is 11.3 Å². The van der Waals surface area contributed by atoms with Crippen molar-refractivity contribution >= 4 is 46.3 Å². The molecule has 0 fully saturated rings. The average molecular weight is 474 g/mol. The van der Waals surface area contributed by atoms with Gasteiger partial charge in [-0.3, -0.25) is 9.59 Å². The smallest absolute Gasteiger partial charge is 0.277 e. The van der Waals surface area contributed by atoms with Crippen molar-refractivity contribution in [3.05, 3.63) is 90.2 Å². The van der Waals surface area contributed by atoms with Crippen LogP contribution in [0.5, 0.6) is 5.75 Å². The number of nitrogens with one attached hydrogen (secondary N) is 2. The van der Waals surface area contributed by atoms with E-state index < -0.39 is 0 Å². The lowest BCUT2D eigenvalue weighted by Crippen LogP contribution is -2.24. The number of ether oxygens (including phenoxy) is 1. The molecule has 34 heavy (non-hydrogen) atoms. The normalized spacial score (nSPS) is 11.0. The Morgan fingerprint density at radius 2 is 1.76 bits per heavy atom. The molecular formula is C26H23N3O4S. The van der Waals surface area contributed by atoms with E-state index >= 15 is 0 Å². The minimum Gasteiger partial charge on any atom is -0.483 e. The number of amides is 2. The molecule has 1 heterocycles. The second kappa shape index (κ2) is 11.2. The van der Waals surface area contributed by atoms with Crippen LogP contribution in [0.4, 0.5) is 5.69 Å². The van der Waals surface area contributed by atoms with Crippen LogP contribution in [0.3, 0.4) is 0 Å².